The number of rotatable bonds is 6. The maximum atomic E-state index is 13.1. The van der Waals surface area contributed by atoms with E-state index in [1.54, 1.807) is 6.07 Å². The van der Waals surface area contributed by atoms with Crippen molar-refractivity contribution in [2.45, 2.75) is 39.8 Å². The highest BCUT2D eigenvalue weighted by Crippen LogP contribution is 2.12. The number of carbonyl (C=O) groups is 1. The molecule has 0 saturated heterocycles. The van der Waals surface area contributed by atoms with Crippen molar-refractivity contribution in [1.82, 2.24) is 10.6 Å². The minimum Gasteiger partial charge on any atom is -0.352 e. The van der Waals surface area contributed by atoms with Crippen LogP contribution in [0.25, 0.3) is 0 Å². The summed E-state index contributed by atoms with van der Waals surface area (Å²) in [4.78, 5) is 11.7. The van der Waals surface area contributed by atoms with Gasteiger partial charge in [-0.3, -0.25) is 4.79 Å². The van der Waals surface area contributed by atoms with Crippen LogP contribution < -0.4 is 10.6 Å². The summed E-state index contributed by atoms with van der Waals surface area (Å²) in [7, 11) is 0. The molecule has 0 aliphatic rings. The van der Waals surface area contributed by atoms with Crippen LogP contribution >= 0.6 is 0 Å². The largest absolute Gasteiger partial charge is 0.352 e. The van der Waals surface area contributed by atoms with Gasteiger partial charge in [-0.2, -0.15) is 0 Å². The molecule has 0 saturated carbocycles. The lowest BCUT2D eigenvalue weighted by atomic mass is 10.1. The van der Waals surface area contributed by atoms with Gasteiger partial charge in [-0.1, -0.05) is 26.0 Å². The topological polar surface area (TPSA) is 41.1 Å². The van der Waals surface area contributed by atoms with Crippen molar-refractivity contribution in [1.29, 1.82) is 0 Å². The van der Waals surface area contributed by atoms with Crippen molar-refractivity contribution in [3.05, 3.63) is 35.6 Å². The molecule has 1 aromatic carbocycles. The Hall–Kier alpha value is -1.42. The lowest BCUT2D eigenvalue weighted by Gasteiger charge is -2.19. The second kappa shape index (κ2) is 7.24. The van der Waals surface area contributed by atoms with Gasteiger partial charge in [-0.25, -0.2) is 4.39 Å². The normalized spacial score (nSPS) is 14.2. The summed E-state index contributed by atoms with van der Waals surface area (Å²) >= 11 is 0. The van der Waals surface area contributed by atoms with Gasteiger partial charge in [0.15, 0.2) is 0 Å². The van der Waals surface area contributed by atoms with Gasteiger partial charge in [0, 0.05) is 12.1 Å². The zero-order valence-corrected chi connectivity index (χ0v) is 12.0. The molecule has 2 N–H and O–H groups in total. The molecule has 1 amide bonds. The van der Waals surface area contributed by atoms with Gasteiger partial charge >= 0.3 is 0 Å². The van der Waals surface area contributed by atoms with E-state index in [0.717, 1.165) is 5.56 Å². The Labute approximate surface area is 114 Å². The fourth-order valence-electron chi connectivity index (χ4n) is 1.61. The average Bonchev–Trinajstić information content (AvgIpc) is 2.35. The molecule has 0 aliphatic carbocycles. The summed E-state index contributed by atoms with van der Waals surface area (Å²) in [6.45, 7) is 8.25. The monoisotopic (exact) mass is 266 g/mol. The summed E-state index contributed by atoms with van der Waals surface area (Å²) in [5.41, 5.74) is 0.838. The first-order valence-corrected chi connectivity index (χ1v) is 6.68. The van der Waals surface area contributed by atoms with Crippen LogP contribution in [0, 0.1) is 11.7 Å². The third-order valence-electron chi connectivity index (χ3n) is 3.31. The fourth-order valence-corrected chi connectivity index (χ4v) is 1.61. The number of hydrogen-bond donors (Lipinski definition) is 2. The van der Waals surface area contributed by atoms with E-state index in [-0.39, 0.29) is 30.4 Å². The molecule has 3 nitrogen and oxygen atoms in total. The van der Waals surface area contributed by atoms with Crippen LogP contribution in [0.1, 0.15) is 39.3 Å². The van der Waals surface area contributed by atoms with Gasteiger partial charge < -0.3 is 10.6 Å². The van der Waals surface area contributed by atoms with Crippen LogP contribution in [0.5, 0.6) is 0 Å². The zero-order valence-electron chi connectivity index (χ0n) is 12.0. The van der Waals surface area contributed by atoms with E-state index in [4.69, 9.17) is 0 Å². The molecule has 1 rings (SSSR count). The number of benzene rings is 1. The number of nitrogens with one attached hydrogen (secondary N) is 2. The van der Waals surface area contributed by atoms with Gasteiger partial charge in [0.05, 0.1) is 6.54 Å². The summed E-state index contributed by atoms with van der Waals surface area (Å²) in [5.74, 6) is 0.109. The van der Waals surface area contributed by atoms with Gasteiger partial charge in [0.1, 0.15) is 5.82 Å². The standard InChI is InChI=1S/C15H23FN2O/c1-10(2)11(3)18-15(19)9-17-12(4)13-6-5-7-14(16)8-13/h5-8,10-12,17H,9H2,1-4H3,(H,18,19)/t11?,12-/m0/s1. The SMILES string of the molecule is CC(C)C(C)NC(=O)CN[C@@H](C)c1cccc(F)c1. The lowest BCUT2D eigenvalue weighted by molar-refractivity contribution is -0.121. The third kappa shape index (κ3) is 5.39. The predicted molar refractivity (Wildman–Crippen MR) is 75.3 cm³/mol. The molecular formula is C15H23FN2O. The molecule has 0 fully saturated rings. The van der Waals surface area contributed by atoms with E-state index >= 15 is 0 Å². The Balaban J connectivity index is 2.42. The van der Waals surface area contributed by atoms with Crippen LogP contribution in [0.4, 0.5) is 4.39 Å². The van der Waals surface area contributed by atoms with Gasteiger partial charge in [-0.15, -0.1) is 0 Å². The smallest absolute Gasteiger partial charge is 0.234 e. The van der Waals surface area contributed by atoms with Crippen molar-refractivity contribution in [2.24, 2.45) is 5.92 Å². The molecule has 1 aromatic rings. The maximum Gasteiger partial charge on any atom is 0.234 e. The maximum absolute atomic E-state index is 13.1. The molecule has 0 aromatic heterocycles. The Morgan fingerprint density at radius 1 is 1.26 bits per heavy atom. The molecular weight excluding hydrogens is 243 g/mol. The molecule has 0 radical (unpaired) electrons. The van der Waals surface area contributed by atoms with E-state index in [2.05, 4.69) is 24.5 Å². The fraction of sp³-hybridized carbons (Fsp3) is 0.533. The van der Waals surface area contributed by atoms with Gasteiger partial charge in [0.2, 0.25) is 5.91 Å². The molecule has 0 heterocycles. The Morgan fingerprint density at radius 3 is 2.53 bits per heavy atom. The van der Waals surface area contributed by atoms with Crippen LogP contribution in [0.2, 0.25) is 0 Å². The highest BCUT2D eigenvalue weighted by atomic mass is 19.1. The van der Waals surface area contributed by atoms with Gasteiger partial charge in [0.25, 0.3) is 0 Å². The highest BCUT2D eigenvalue weighted by Gasteiger charge is 2.12. The number of hydrogen-bond acceptors (Lipinski definition) is 2. The van der Waals surface area contributed by atoms with Crippen LogP contribution in [0.15, 0.2) is 24.3 Å². The highest BCUT2D eigenvalue weighted by molar-refractivity contribution is 5.78. The van der Waals surface area contributed by atoms with Crippen molar-refractivity contribution in [2.75, 3.05) is 6.54 Å². The third-order valence-corrected chi connectivity index (χ3v) is 3.31. The van der Waals surface area contributed by atoms with Gasteiger partial charge in [-0.05, 0) is 37.5 Å². The lowest BCUT2D eigenvalue weighted by Crippen LogP contribution is -2.41. The summed E-state index contributed by atoms with van der Waals surface area (Å²) in [6, 6.07) is 6.49. The summed E-state index contributed by atoms with van der Waals surface area (Å²) < 4.78 is 13.1. The van der Waals surface area contributed by atoms with E-state index in [1.807, 2.05) is 19.9 Å². The van der Waals surface area contributed by atoms with E-state index in [0.29, 0.717) is 5.92 Å². The molecule has 2 atom stereocenters. The molecule has 0 spiro atoms. The quantitative estimate of drug-likeness (QED) is 0.831. The van der Waals surface area contributed by atoms with E-state index in [1.165, 1.54) is 12.1 Å². The van der Waals surface area contributed by atoms with E-state index < -0.39 is 0 Å². The van der Waals surface area contributed by atoms with Crippen molar-refractivity contribution >= 4 is 5.91 Å². The molecule has 0 bridgehead atoms. The second-order valence-corrected chi connectivity index (χ2v) is 5.26. The predicted octanol–water partition coefficient (Wildman–Crippen LogP) is 2.64. The first-order chi connectivity index (χ1) is 8.90. The number of amides is 1. The second-order valence-electron chi connectivity index (χ2n) is 5.26. The molecule has 19 heavy (non-hydrogen) atoms. The Morgan fingerprint density at radius 2 is 1.95 bits per heavy atom. The molecule has 106 valence electrons. The summed E-state index contributed by atoms with van der Waals surface area (Å²) in [5, 5.41) is 6.01. The number of halogens is 1. The Bertz CT molecular complexity index is 420. The van der Waals surface area contributed by atoms with Crippen LogP contribution in [-0.4, -0.2) is 18.5 Å². The summed E-state index contributed by atoms with van der Waals surface area (Å²) in [6.07, 6.45) is 0. The minimum absolute atomic E-state index is 0.0375. The first kappa shape index (κ1) is 15.6. The van der Waals surface area contributed by atoms with Crippen molar-refractivity contribution in [3.63, 3.8) is 0 Å². The molecule has 0 aliphatic heterocycles. The minimum atomic E-state index is -0.260. The zero-order chi connectivity index (χ0) is 14.4. The number of carbonyl (C=O) groups excluding carboxylic acids is 1. The van der Waals surface area contributed by atoms with Crippen molar-refractivity contribution < 1.29 is 9.18 Å². The molecule has 1 unspecified atom stereocenters. The van der Waals surface area contributed by atoms with Crippen molar-refractivity contribution in [3.8, 4) is 0 Å². The first-order valence-electron chi connectivity index (χ1n) is 6.68. The average molecular weight is 266 g/mol. The molecule has 4 heteroatoms. The van der Waals surface area contributed by atoms with Crippen LogP contribution in [0.3, 0.4) is 0 Å². The Kier molecular flexibility index (Phi) is 5.96. The van der Waals surface area contributed by atoms with Crippen LogP contribution in [-0.2, 0) is 4.79 Å². The van der Waals surface area contributed by atoms with E-state index in [9.17, 15) is 9.18 Å².